The van der Waals surface area contributed by atoms with Crippen LogP contribution in [0.1, 0.15) is 25.8 Å². The van der Waals surface area contributed by atoms with Crippen molar-refractivity contribution in [2.24, 2.45) is 0 Å². The van der Waals surface area contributed by atoms with E-state index in [1.54, 1.807) is 0 Å². The number of hydrogen-bond acceptors (Lipinski definition) is 2. The summed E-state index contributed by atoms with van der Waals surface area (Å²) in [4.78, 5) is 10.6. The van der Waals surface area contributed by atoms with Crippen molar-refractivity contribution in [3.05, 3.63) is 28.3 Å². The van der Waals surface area contributed by atoms with Crippen LogP contribution in [0.2, 0.25) is 5.02 Å². The molecule has 3 nitrogen and oxygen atoms in total. The Morgan fingerprint density at radius 1 is 1.47 bits per heavy atom. The number of aromatic hydroxyl groups is 1. The van der Waals surface area contributed by atoms with Crippen molar-refractivity contribution in [1.29, 1.82) is 0 Å². The third kappa shape index (κ3) is 2.66. The Labute approximate surface area is 102 Å². The molecule has 0 spiro atoms. The van der Waals surface area contributed by atoms with Gasteiger partial charge in [0.15, 0.2) is 5.82 Å². The van der Waals surface area contributed by atoms with Gasteiger partial charge in [-0.1, -0.05) is 25.4 Å². The second-order valence-electron chi connectivity index (χ2n) is 4.33. The van der Waals surface area contributed by atoms with Crippen molar-refractivity contribution < 1.29 is 23.8 Å². The molecule has 0 aliphatic heterocycles. The highest BCUT2D eigenvalue weighted by Gasteiger charge is 2.32. The molecule has 1 aromatic rings. The number of halogens is 3. The predicted molar refractivity (Wildman–Crippen MR) is 58.3 cm³/mol. The molecule has 6 heteroatoms. The normalized spacial score (nSPS) is 11.6. The average Bonchev–Trinajstić information content (AvgIpc) is 2.11. The van der Waals surface area contributed by atoms with E-state index in [4.69, 9.17) is 21.8 Å². The quantitative estimate of drug-likeness (QED) is 0.825. The van der Waals surface area contributed by atoms with E-state index < -0.39 is 45.8 Å². The Morgan fingerprint density at radius 2 is 2.00 bits per heavy atom. The summed E-state index contributed by atoms with van der Waals surface area (Å²) in [5, 5.41) is 17.2. The molecular formula is C11H11ClF2O3. The van der Waals surface area contributed by atoms with Gasteiger partial charge in [-0.05, 0) is 0 Å². The topological polar surface area (TPSA) is 57.5 Å². The molecule has 0 saturated heterocycles. The van der Waals surface area contributed by atoms with Crippen LogP contribution in [0.5, 0.6) is 5.75 Å². The number of benzene rings is 1. The fourth-order valence-corrected chi connectivity index (χ4v) is 1.82. The van der Waals surface area contributed by atoms with Gasteiger partial charge in [-0.2, -0.15) is 0 Å². The van der Waals surface area contributed by atoms with Gasteiger partial charge in [0.25, 0.3) is 0 Å². The maximum Gasteiger partial charge on any atom is 0.304 e. The van der Waals surface area contributed by atoms with E-state index in [1.165, 1.54) is 13.8 Å². The SMILES string of the molecule is CC(C)(CC(=O)O)c1c(F)cc(O)c(Cl)c1F. The lowest BCUT2D eigenvalue weighted by Crippen LogP contribution is -2.24. The Balaban J connectivity index is 3.40. The van der Waals surface area contributed by atoms with Crippen molar-refractivity contribution in [1.82, 2.24) is 0 Å². The third-order valence-electron chi connectivity index (χ3n) is 2.41. The summed E-state index contributed by atoms with van der Waals surface area (Å²) in [7, 11) is 0. The van der Waals surface area contributed by atoms with Gasteiger partial charge in [0.05, 0.1) is 6.42 Å². The maximum absolute atomic E-state index is 13.7. The summed E-state index contributed by atoms with van der Waals surface area (Å²) in [6.45, 7) is 2.77. The lowest BCUT2D eigenvalue weighted by Gasteiger charge is -2.24. The zero-order valence-corrected chi connectivity index (χ0v) is 9.98. The van der Waals surface area contributed by atoms with Crippen LogP contribution in [-0.4, -0.2) is 16.2 Å². The lowest BCUT2D eigenvalue weighted by molar-refractivity contribution is -0.138. The van der Waals surface area contributed by atoms with Crippen molar-refractivity contribution in [2.75, 3.05) is 0 Å². The molecule has 0 heterocycles. The molecule has 2 N–H and O–H groups in total. The lowest BCUT2D eigenvalue weighted by atomic mass is 9.81. The highest BCUT2D eigenvalue weighted by atomic mass is 35.5. The fraction of sp³-hybridized carbons (Fsp3) is 0.364. The van der Waals surface area contributed by atoms with Gasteiger partial charge >= 0.3 is 5.97 Å². The van der Waals surface area contributed by atoms with Crippen LogP contribution in [0.25, 0.3) is 0 Å². The summed E-state index contributed by atoms with van der Waals surface area (Å²) in [5.74, 6) is -4.04. The van der Waals surface area contributed by atoms with Gasteiger partial charge in [-0.15, -0.1) is 0 Å². The highest BCUT2D eigenvalue weighted by Crippen LogP contribution is 2.38. The minimum atomic E-state index is -1.27. The van der Waals surface area contributed by atoms with Crippen LogP contribution in [0.4, 0.5) is 8.78 Å². The summed E-state index contributed by atoms with van der Waals surface area (Å²) in [6, 6.07) is 0.671. The number of carboxylic acids is 1. The number of hydrogen-bond donors (Lipinski definition) is 2. The number of carbonyl (C=O) groups is 1. The van der Waals surface area contributed by atoms with Crippen LogP contribution in [-0.2, 0) is 10.2 Å². The molecule has 17 heavy (non-hydrogen) atoms. The Bertz CT molecular complexity index is 472. The Morgan fingerprint density at radius 3 is 2.47 bits per heavy atom. The van der Waals surface area contributed by atoms with Crippen LogP contribution in [0.3, 0.4) is 0 Å². The standard InChI is InChI=1S/C11H11ClF2O3/c1-11(2,4-7(16)17)8-5(13)3-6(15)9(12)10(8)14/h3,15H,4H2,1-2H3,(H,16,17). The molecule has 0 bridgehead atoms. The van der Waals surface area contributed by atoms with Crippen molar-refractivity contribution in [3.8, 4) is 5.75 Å². The van der Waals surface area contributed by atoms with E-state index in [0.29, 0.717) is 6.07 Å². The summed E-state index contributed by atoms with van der Waals surface area (Å²) < 4.78 is 27.3. The van der Waals surface area contributed by atoms with Crippen LogP contribution >= 0.6 is 11.6 Å². The van der Waals surface area contributed by atoms with E-state index in [-0.39, 0.29) is 0 Å². The second kappa shape index (κ2) is 4.49. The van der Waals surface area contributed by atoms with E-state index in [0.717, 1.165) is 0 Å². The maximum atomic E-state index is 13.7. The first-order valence-electron chi connectivity index (χ1n) is 4.75. The number of phenols is 1. The smallest absolute Gasteiger partial charge is 0.304 e. The van der Waals surface area contributed by atoms with E-state index in [9.17, 15) is 13.6 Å². The van der Waals surface area contributed by atoms with Gasteiger partial charge < -0.3 is 10.2 Å². The van der Waals surface area contributed by atoms with Crippen LogP contribution < -0.4 is 0 Å². The minimum Gasteiger partial charge on any atom is -0.506 e. The highest BCUT2D eigenvalue weighted by molar-refractivity contribution is 6.32. The zero-order valence-electron chi connectivity index (χ0n) is 9.22. The molecule has 0 amide bonds. The van der Waals surface area contributed by atoms with Crippen LogP contribution in [0, 0.1) is 11.6 Å². The monoisotopic (exact) mass is 264 g/mol. The number of aliphatic carboxylic acids is 1. The molecule has 0 aromatic heterocycles. The zero-order chi connectivity index (χ0) is 13.4. The number of carboxylic acid groups (broad SMARTS) is 1. The Kier molecular flexibility index (Phi) is 3.62. The molecular weight excluding hydrogens is 254 g/mol. The first-order valence-corrected chi connectivity index (χ1v) is 5.13. The van der Waals surface area contributed by atoms with Crippen molar-refractivity contribution in [3.63, 3.8) is 0 Å². The third-order valence-corrected chi connectivity index (χ3v) is 2.77. The van der Waals surface area contributed by atoms with Crippen LogP contribution in [0.15, 0.2) is 6.07 Å². The number of rotatable bonds is 3. The summed E-state index contributed by atoms with van der Waals surface area (Å²) in [6.07, 6.45) is -0.456. The molecule has 0 aliphatic rings. The van der Waals surface area contributed by atoms with E-state index in [2.05, 4.69) is 0 Å². The summed E-state index contributed by atoms with van der Waals surface area (Å²) >= 11 is 5.46. The van der Waals surface area contributed by atoms with Crippen molar-refractivity contribution >= 4 is 17.6 Å². The predicted octanol–water partition coefficient (Wildman–Crippen LogP) is 3.08. The molecule has 0 fully saturated rings. The largest absolute Gasteiger partial charge is 0.506 e. The molecule has 1 aromatic carbocycles. The molecule has 0 saturated carbocycles. The van der Waals surface area contributed by atoms with Gasteiger partial charge in [-0.25, -0.2) is 8.78 Å². The molecule has 0 radical (unpaired) electrons. The van der Waals surface area contributed by atoms with Gasteiger partial charge in [0.1, 0.15) is 16.6 Å². The minimum absolute atomic E-state index is 0.442. The molecule has 94 valence electrons. The summed E-state index contributed by atoms with van der Waals surface area (Å²) in [5.41, 5.74) is -1.71. The molecule has 0 aliphatic carbocycles. The molecule has 0 unspecified atom stereocenters. The molecule has 0 atom stereocenters. The first kappa shape index (κ1) is 13.7. The van der Waals surface area contributed by atoms with Gasteiger partial charge in [0, 0.05) is 17.0 Å². The van der Waals surface area contributed by atoms with Gasteiger partial charge in [-0.3, -0.25) is 4.79 Å². The second-order valence-corrected chi connectivity index (χ2v) is 4.71. The molecule has 1 rings (SSSR count). The first-order chi connectivity index (χ1) is 7.66. The van der Waals surface area contributed by atoms with E-state index in [1.807, 2.05) is 0 Å². The van der Waals surface area contributed by atoms with Gasteiger partial charge in [0.2, 0.25) is 0 Å². The van der Waals surface area contributed by atoms with E-state index >= 15 is 0 Å². The number of phenolic OH excluding ortho intramolecular Hbond substituents is 1. The van der Waals surface area contributed by atoms with Crippen molar-refractivity contribution in [2.45, 2.75) is 25.7 Å². The average molecular weight is 265 g/mol. The fourth-order valence-electron chi connectivity index (χ4n) is 1.67. The Hall–Kier alpha value is -1.36.